The highest BCUT2D eigenvalue weighted by molar-refractivity contribution is 7.99. The van der Waals surface area contributed by atoms with Gasteiger partial charge in [-0.15, -0.1) is 0 Å². The molecule has 0 radical (unpaired) electrons. The third-order valence-electron chi connectivity index (χ3n) is 3.53. The molecule has 2 rings (SSSR count). The van der Waals surface area contributed by atoms with Gasteiger partial charge in [-0.2, -0.15) is 11.8 Å². The van der Waals surface area contributed by atoms with Gasteiger partial charge in [-0.3, -0.25) is 9.59 Å². The second-order valence-corrected chi connectivity index (χ2v) is 6.21. The van der Waals surface area contributed by atoms with Crippen molar-refractivity contribution in [2.24, 2.45) is 5.73 Å². The van der Waals surface area contributed by atoms with Crippen LogP contribution in [0.3, 0.4) is 0 Å². The van der Waals surface area contributed by atoms with Gasteiger partial charge in [0.2, 0.25) is 0 Å². The highest BCUT2D eigenvalue weighted by Crippen LogP contribution is 2.21. The molecule has 0 aliphatic carbocycles. The second-order valence-electron chi connectivity index (χ2n) is 5.06. The first-order valence-corrected chi connectivity index (χ1v) is 8.17. The first kappa shape index (κ1) is 15.9. The van der Waals surface area contributed by atoms with Crippen LogP contribution in [0.1, 0.15) is 22.3 Å². The molecule has 1 aliphatic heterocycles. The van der Waals surface area contributed by atoms with E-state index in [0.29, 0.717) is 24.4 Å². The Hall–Kier alpha value is -1.53. The number of carbonyl (C=O) groups is 2. The van der Waals surface area contributed by atoms with E-state index in [1.165, 1.54) is 0 Å². The largest absolute Gasteiger partial charge is 0.481 e. The average molecular weight is 308 g/mol. The van der Waals surface area contributed by atoms with Gasteiger partial charge in [-0.1, -0.05) is 12.1 Å². The zero-order valence-electron chi connectivity index (χ0n) is 11.8. The molecule has 5 nitrogen and oxygen atoms in total. The molecule has 1 fully saturated rings. The Morgan fingerprint density at radius 2 is 2.05 bits per heavy atom. The first-order valence-electron chi connectivity index (χ1n) is 7.01. The van der Waals surface area contributed by atoms with Crippen LogP contribution in [0.25, 0.3) is 0 Å². The Balaban J connectivity index is 2.10. The van der Waals surface area contributed by atoms with E-state index in [4.69, 9.17) is 10.8 Å². The van der Waals surface area contributed by atoms with Crippen LogP contribution in [0, 0.1) is 0 Å². The molecule has 1 amide bonds. The molecule has 3 N–H and O–H groups in total. The number of rotatable bonds is 5. The summed E-state index contributed by atoms with van der Waals surface area (Å²) in [5.41, 5.74) is 7.22. The van der Waals surface area contributed by atoms with E-state index in [0.717, 1.165) is 17.7 Å². The molecule has 1 aliphatic rings. The maximum atomic E-state index is 12.6. The smallest absolute Gasteiger partial charge is 0.305 e. The summed E-state index contributed by atoms with van der Waals surface area (Å²) in [5.74, 6) is 0.593. The minimum absolute atomic E-state index is 0.00397. The molecule has 1 aromatic carbocycles. The van der Waals surface area contributed by atoms with Gasteiger partial charge in [0.05, 0.1) is 12.5 Å². The molecule has 0 bridgehead atoms. The van der Waals surface area contributed by atoms with Gasteiger partial charge in [0.25, 0.3) is 5.91 Å². The topological polar surface area (TPSA) is 83.6 Å². The Morgan fingerprint density at radius 1 is 1.33 bits per heavy atom. The normalized spacial score (nSPS) is 18.5. The molecule has 0 saturated carbocycles. The number of hydrogen-bond donors (Lipinski definition) is 2. The van der Waals surface area contributed by atoms with Crippen molar-refractivity contribution in [2.45, 2.75) is 18.9 Å². The average Bonchev–Trinajstić information content (AvgIpc) is 2.48. The van der Waals surface area contributed by atoms with Crippen molar-refractivity contribution in [1.29, 1.82) is 0 Å². The number of carbonyl (C=O) groups excluding carboxylic acids is 1. The molecule has 21 heavy (non-hydrogen) atoms. The SMILES string of the molecule is NCCc1ccc(C(=O)N2CCSCC2CC(=O)O)cc1. The van der Waals surface area contributed by atoms with E-state index in [-0.39, 0.29) is 18.4 Å². The van der Waals surface area contributed by atoms with Crippen LogP contribution in [0.2, 0.25) is 0 Å². The zero-order valence-corrected chi connectivity index (χ0v) is 12.6. The number of aliphatic carboxylic acids is 1. The first-order chi connectivity index (χ1) is 10.1. The highest BCUT2D eigenvalue weighted by atomic mass is 32.2. The molecule has 1 unspecified atom stereocenters. The lowest BCUT2D eigenvalue weighted by Crippen LogP contribution is -2.47. The lowest BCUT2D eigenvalue weighted by atomic mass is 10.1. The molecule has 1 atom stereocenters. The summed E-state index contributed by atoms with van der Waals surface area (Å²) in [5, 5.41) is 8.97. The maximum Gasteiger partial charge on any atom is 0.305 e. The third kappa shape index (κ3) is 4.22. The van der Waals surface area contributed by atoms with Gasteiger partial charge in [0, 0.05) is 23.6 Å². The summed E-state index contributed by atoms with van der Waals surface area (Å²) < 4.78 is 0. The van der Waals surface area contributed by atoms with Crippen molar-refractivity contribution in [1.82, 2.24) is 4.90 Å². The van der Waals surface area contributed by atoms with Gasteiger partial charge >= 0.3 is 5.97 Å². The van der Waals surface area contributed by atoms with E-state index in [2.05, 4.69) is 0 Å². The number of carboxylic acids is 1. The molecular weight excluding hydrogens is 288 g/mol. The summed E-state index contributed by atoms with van der Waals surface area (Å²) in [7, 11) is 0. The summed E-state index contributed by atoms with van der Waals surface area (Å²) in [6.45, 7) is 1.18. The van der Waals surface area contributed by atoms with Crippen molar-refractivity contribution in [3.8, 4) is 0 Å². The van der Waals surface area contributed by atoms with Gasteiger partial charge in [0.15, 0.2) is 0 Å². The fourth-order valence-corrected chi connectivity index (χ4v) is 3.50. The van der Waals surface area contributed by atoms with Crippen LogP contribution in [0.4, 0.5) is 0 Å². The van der Waals surface area contributed by atoms with E-state index >= 15 is 0 Å². The molecule has 0 aromatic heterocycles. The minimum Gasteiger partial charge on any atom is -0.481 e. The van der Waals surface area contributed by atoms with Crippen LogP contribution in [-0.4, -0.2) is 52.5 Å². The quantitative estimate of drug-likeness (QED) is 0.854. The van der Waals surface area contributed by atoms with Gasteiger partial charge in [-0.05, 0) is 30.7 Å². The summed E-state index contributed by atoms with van der Waals surface area (Å²) in [4.78, 5) is 25.2. The fourth-order valence-electron chi connectivity index (χ4n) is 2.44. The number of thioether (sulfide) groups is 1. The summed E-state index contributed by atoms with van der Waals surface area (Å²) >= 11 is 1.70. The van der Waals surface area contributed by atoms with Crippen molar-refractivity contribution in [2.75, 3.05) is 24.6 Å². The summed E-state index contributed by atoms with van der Waals surface area (Å²) in [6, 6.07) is 7.19. The number of amides is 1. The Bertz CT molecular complexity index is 504. The second kappa shape index (κ2) is 7.47. The lowest BCUT2D eigenvalue weighted by Gasteiger charge is -2.34. The standard InChI is InChI=1S/C15H20N2O3S/c16-6-5-11-1-3-12(4-2-11)15(20)17-7-8-21-10-13(17)9-14(18)19/h1-4,13H,5-10,16H2,(H,18,19). The molecule has 1 heterocycles. The van der Waals surface area contributed by atoms with E-state index in [9.17, 15) is 9.59 Å². The Kier molecular flexibility index (Phi) is 5.64. The molecule has 0 spiro atoms. The van der Waals surface area contributed by atoms with Crippen LogP contribution >= 0.6 is 11.8 Å². The number of nitrogens with two attached hydrogens (primary N) is 1. The third-order valence-corrected chi connectivity index (χ3v) is 4.62. The van der Waals surface area contributed by atoms with E-state index in [1.54, 1.807) is 28.8 Å². The van der Waals surface area contributed by atoms with Gasteiger partial charge < -0.3 is 15.7 Å². The van der Waals surface area contributed by atoms with Crippen molar-refractivity contribution in [3.05, 3.63) is 35.4 Å². The fraction of sp³-hybridized carbons (Fsp3) is 0.467. The van der Waals surface area contributed by atoms with Crippen molar-refractivity contribution < 1.29 is 14.7 Å². The number of hydrogen-bond acceptors (Lipinski definition) is 4. The van der Waals surface area contributed by atoms with Crippen molar-refractivity contribution >= 4 is 23.6 Å². The predicted molar refractivity (Wildman–Crippen MR) is 83.6 cm³/mol. The molecule has 1 aromatic rings. The number of carboxylic acid groups (broad SMARTS) is 1. The number of benzene rings is 1. The van der Waals surface area contributed by atoms with Crippen LogP contribution in [0.5, 0.6) is 0 Å². The molecule has 114 valence electrons. The Morgan fingerprint density at radius 3 is 2.67 bits per heavy atom. The molecule has 6 heteroatoms. The highest BCUT2D eigenvalue weighted by Gasteiger charge is 2.29. The monoisotopic (exact) mass is 308 g/mol. The zero-order chi connectivity index (χ0) is 15.2. The Labute approximate surface area is 128 Å². The van der Waals surface area contributed by atoms with E-state index in [1.807, 2.05) is 12.1 Å². The predicted octanol–water partition coefficient (Wildman–Crippen LogP) is 1.22. The van der Waals surface area contributed by atoms with Crippen LogP contribution in [0.15, 0.2) is 24.3 Å². The minimum atomic E-state index is -0.862. The van der Waals surface area contributed by atoms with Crippen LogP contribution in [-0.2, 0) is 11.2 Å². The van der Waals surface area contributed by atoms with Gasteiger partial charge in [0.1, 0.15) is 0 Å². The van der Waals surface area contributed by atoms with Crippen molar-refractivity contribution in [3.63, 3.8) is 0 Å². The number of nitrogens with zero attached hydrogens (tertiary/aromatic N) is 1. The maximum absolute atomic E-state index is 12.6. The van der Waals surface area contributed by atoms with Gasteiger partial charge in [-0.25, -0.2) is 0 Å². The lowest BCUT2D eigenvalue weighted by molar-refractivity contribution is -0.138. The summed E-state index contributed by atoms with van der Waals surface area (Å²) in [6.07, 6.45) is 0.792. The van der Waals surface area contributed by atoms with E-state index < -0.39 is 5.97 Å². The molecular formula is C15H20N2O3S. The molecule has 1 saturated heterocycles. The van der Waals surface area contributed by atoms with Crippen LogP contribution < -0.4 is 5.73 Å².